The molecule has 0 radical (unpaired) electrons. The number of benzene rings is 1. The minimum atomic E-state index is 0.497. The standard InChI is InChI=1S/C18H27BrO/c1-4-13-7-8-15(5-2)17(11-13)18(19)12-14-9-16(10-14)20-6-3/h7-8,11,14,16,18H,4-6,9-10,12H2,1-3H3. The van der Waals surface area contributed by atoms with Crippen LogP contribution in [0.4, 0.5) is 0 Å². The molecule has 112 valence electrons. The lowest BCUT2D eigenvalue weighted by atomic mass is 9.78. The number of hydrogen-bond donors (Lipinski definition) is 0. The second kappa shape index (κ2) is 7.61. The molecule has 0 amide bonds. The first kappa shape index (κ1) is 16.0. The van der Waals surface area contributed by atoms with Gasteiger partial charge in [0.05, 0.1) is 6.10 Å². The number of rotatable bonds is 7. The van der Waals surface area contributed by atoms with E-state index in [0.29, 0.717) is 10.9 Å². The van der Waals surface area contributed by atoms with Gasteiger partial charge < -0.3 is 4.74 Å². The molecule has 0 spiro atoms. The third-order valence-corrected chi connectivity index (χ3v) is 5.34. The van der Waals surface area contributed by atoms with Gasteiger partial charge in [0.2, 0.25) is 0 Å². The number of hydrogen-bond acceptors (Lipinski definition) is 1. The van der Waals surface area contributed by atoms with Crippen LogP contribution in [0, 0.1) is 5.92 Å². The maximum absolute atomic E-state index is 5.66. The van der Waals surface area contributed by atoms with Crippen molar-refractivity contribution in [3.8, 4) is 0 Å². The fourth-order valence-electron chi connectivity index (χ4n) is 3.14. The van der Waals surface area contributed by atoms with E-state index in [1.807, 2.05) is 0 Å². The van der Waals surface area contributed by atoms with Gasteiger partial charge in [-0.3, -0.25) is 0 Å². The summed E-state index contributed by atoms with van der Waals surface area (Å²) in [5.74, 6) is 0.825. The van der Waals surface area contributed by atoms with Crippen molar-refractivity contribution >= 4 is 15.9 Å². The Hall–Kier alpha value is -0.340. The zero-order chi connectivity index (χ0) is 14.5. The highest BCUT2D eigenvalue weighted by Gasteiger charge is 2.31. The first-order chi connectivity index (χ1) is 9.67. The van der Waals surface area contributed by atoms with Gasteiger partial charge in [-0.25, -0.2) is 0 Å². The van der Waals surface area contributed by atoms with Gasteiger partial charge in [-0.15, -0.1) is 0 Å². The van der Waals surface area contributed by atoms with Crippen molar-refractivity contribution < 1.29 is 4.74 Å². The second-order valence-electron chi connectivity index (χ2n) is 5.86. The van der Waals surface area contributed by atoms with E-state index in [4.69, 9.17) is 4.74 Å². The predicted molar refractivity (Wildman–Crippen MR) is 89.6 cm³/mol. The SMILES string of the molecule is CCOC1CC(CC(Br)c2cc(CC)ccc2CC)C1. The maximum Gasteiger partial charge on any atom is 0.0580 e. The molecule has 0 bridgehead atoms. The van der Waals surface area contributed by atoms with E-state index < -0.39 is 0 Å². The van der Waals surface area contributed by atoms with E-state index in [-0.39, 0.29) is 0 Å². The Morgan fingerprint density at radius 1 is 1.20 bits per heavy atom. The molecule has 1 aromatic carbocycles. The first-order valence-corrected chi connectivity index (χ1v) is 8.96. The molecule has 1 saturated carbocycles. The molecule has 1 nitrogen and oxygen atoms in total. The Labute approximate surface area is 132 Å². The molecule has 1 aliphatic rings. The molecule has 0 aromatic heterocycles. The summed E-state index contributed by atoms with van der Waals surface area (Å²) in [4.78, 5) is 0.497. The van der Waals surface area contributed by atoms with Crippen molar-refractivity contribution in [3.05, 3.63) is 34.9 Å². The third-order valence-electron chi connectivity index (χ3n) is 4.47. The third kappa shape index (κ3) is 3.85. The lowest BCUT2D eigenvalue weighted by molar-refractivity contribution is -0.0264. The molecule has 1 unspecified atom stereocenters. The van der Waals surface area contributed by atoms with Crippen LogP contribution in [-0.2, 0) is 17.6 Å². The molecule has 2 heteroatoms. The zero-order valence-electron chi connectivity index (χ0n) is 13.0. The summed E-state index contributed by atoms with van der Waals surface area (Å²) in [7, 11) is 0. The highest BCUT2D eigenvalue weighted by Crippen LogP contribution is 2.41. The van der Waals surface area contributed by atoms with Crippen LogP contribution < -0.4 is 0 Å². The van der Waals surface area contributed by atoms with E-state index >= 15 is 0 Å². The van der Waals surface area contributed by atoms with E-state index in [1.165, 1.54) is 36.0 Å². The summed E-state index contributed by atoms with van der Waals surface area (Å²) in [6.07, 6.45) is 6.48. The molecule has 1 fully saturated rings. The summed E-state index contributed by atoms with van der Waals surface area (Å²) >= 11 is 3.93. The van der Waals surface area contributed by atoms with Crippen LogP contribution in [0.25, 0.3) is 0 Å². The average Bonchev–Trinajstić information content (AvgIpc) is 2.44. The van der Waals surface area contributed by atoms with Crippen LogP contribution in [0.2, 0.25) is 0 Å². The molecule has 1 aromatic rings. The van der Waals surface area contributed by atoms with Gasteiger partial charge in [-0.05, 0) is 61.6 Å². The minimum absolute atomic E-state index is 0.497. The smallest absolute Gasteiger partial charge is 0.0580 e. The first-order valence-electron chi connectivity index (χ1n) is 8.05. The van der Waals surface area contributed by atoms with Crippen LogP contribution in [-0.4, -0.2) is 12.7 Å². The number of aryl methyl sites for hydroxylation is 2. The monoisotopic (exact) mass is 338 g/mol. The van der Waals surface area contributed by atoms with Gasteiger partial charge in [0.25, 0.3) is 0 Å². The topological polar surface area (TPSA) is 9.23 Å². The summed E-state index contributed by atoms with van der Waals surface area (Å²) in [5.41, 5.74) is 4.44. The Bertz CT molecular complexity index is 423. The van der Waals surface area contributed by atoms with Gasteiger partial charge >= 0.3 is 0 Å². The normalized spacial score (nSPS) is 23.4. The van der Waals surface area contributed by atoms with Crippen molar-refractivity contribution in [1.82, 2.24) is 0 Å². The highest BCUT2D eigenvalue weighted by atomic mass is 79.9. The Kier molecular flexibility index (Phi) is 6.10. The molecule has 1 atom stereocenters. The Morgan fingerprint density at radius 2 is 1.95 bits per heavy atom. The van der Waals surface area contributed by atoms with Crippen molar-refractivity contribution in [2.75, 3.05) is 6.61 Å². The fourth-order valence-corrected chi connectivity index (χ4v) is 4.09. The second-order valence-corrected chi connectivity index (χ2v) is 6.96. The van der Waals surface area contributed by atoms with Crippen LogP contribution in [0.5, 0.6) is 0 Å². The average molecular weight is 339 g/mol. The molecule has 0 heterocycles. The van der Waals surface area contributed by atoms with E-state index in [1.54, 1.807) is 0 Å². The number of alkyl halides is 1. The van der Waals surface area contributed by atoms with Crippen molar-refractivity contribution in [2.45, 2.75) is 63.8 Å². The molecule has 0 N–H and O–H groups in total. The quantitative estimate of drug-likeness (QED) is 0.600. The van der Waals surface area contributed by atoms with E-state index in [0.717, 1.165) is 25.4 Å². The van der Waals surface area contributed by atoms with Gasteiger partial charge in [0.15, 0.2) is 0 Å². The molecule has 0 aliphatic heterocycles. The fraction of sp³-hybridized carbons (Fsp3) is 0.667. The van der Waals surface area contributed by atoms with E-state index in [9.17, 15) is 0 Å². The summed E-state index contributed by atoms with van der Waals surface area (Å²) < 4.78 is 5.66. The lowest BCUT2D eigenvalue weighted by Crippen LogP contribution is -2.31. The molecule has 0 saturated heterocycles. The van der Waals surface area contributed by atoms with Crippen molar-refractivity contribution in [1.29, 1.82) is 0 Å². The highest BCUT2D eigenvalue weighted by molar-refractivity contribution is 9.09. The molecular formula is C18H27BrO. The molecule has 1 aliphatic carbocycles. The zero-order valence-corrected chi connectivity index (χ0v) is 14.6. The lowest BCUT2D eigenvalue weighted by Gasteiger charge is -2.36. The van der Waals surface area contributed by atoms with E-state index in [2.05, 4.69) is 54.9 Å². The Balaban J connectivity index is 1.96. The largest absolute Gasteiger partial charge is 0.378 e. The number of ether oxygens (including phenoxy) is 1. The number of halogens is 1. The van der Waals surface area contributed by atoms with Crippen LogP contribution in [0.15, 0.2) is 18.2 Å². The van der Waals surface area contributed by atoms with Gasteiger partial charge in [0, 0.05) is 11.4 Å². The van der Waals surface area contributed by atoms with Crippen molar-refractivity contribution in [2.24, 2.45) is 5.92 Å². The summed E-state index contributed by atoms with van der Waals surface area (Å²) in [6, 6.07) is 6.99. The molecule has 20 heavy (non-hydrogen) atoms. The van der Waals surface area contributed by atoms with Gasteiger partial charge in [-0.1, -0.05) is 48.0 Å². The van der Waals surface area contributed by atoms with Crippen LogP contribution >= 0.6 is 15.9 Å². The Morgan fingerprint density at radius 3 is 2.55 bits per heavy atom. The van der Waals surface area contributed by atoms with Crippen LogP contribution in [0.1, 0.15) is 61.6 Å². The molecule has 2 rings (SSSR count). The van der Waals surface area contributed by atoms with Gasteiger partial charge in [-0.2, -0.15) is 0 Å². The summed E-state index contributed by atoms with van der Waals surface area (Å²) in [6.45, 7) is 7.42. The predicted octanol–water partition coefficient (Wildman–Crippen LogP) is 5.45. The van der Waals surface area contributed by atoms with Gasteiger partial charge in [0.1, 0.15) is 0 Å². The molecular weight excluding hydrogens is 312 g/mol. The minimum Gasteiger partial charge on any atom is -0.378 e. The van der Waals surface area contributed by atoms with Crippen molar-refractivity contribution in [3.63, 3.8) is 0 Å². The van der Waals surface area contributed by atoms with Crippen LogP contribution in [0.3, 0.4) is 0 Å². The maximum atomic E-state index is 5.66. The summed E-state index contributed by atoms with van der Waals surface area (Å²) in [5, 5.41) is 0.